The summed E-state index contributed by atoms with van der Waals surface area (Å²) in [5.74, 6) is -1.32. The summed E-state index contributed by atoms with van der Waals surface area (Å²) >= 11 is 5.80. The quantitative estimate of drug-likeness (QED) is 0.815. The van der Waals surface area contributed by atoms with Gasteiger partial charge in [0.15, 0.2) is 5.78 Å². The van der Waals surface area contributed by atoms with E-state index in [4.69, 9.17) is 16.7 Å². The van der Waals surface area contributed by atoms with Crippen molar-refractivity contribution in [3.05, 3.63) is 70.7 Å². The van der Waals surface area contributed by atoms with Gasteiger partial charge in [0.05, 0.1) is 6.42 Å². The molecule has 0 heterocycles. The zero-order valence-corrected chi connectivity index (χ0v) is 12.1. The Morgan fingerprint density at radius 3 is 2.14 bits per heavy atom. The lowest BCUT2D eigenvalue weighted by atomic mass is 9.89. The SMILES string of the molecule is O=C(O)CC(CC(=O)c1ccc(Cl)cc1)c1ccccc1. The minimum absolute atomic E-state index is 0.0661. The first-order valence-corrected chi connectivity index (χ1v) is 6.99. The number of Topliss-reactive ketones (excluding diaryl/α,β-unsaturated/α-hetero) is 1. The lowest BCUT2D eigenvalue weighted by Crippen LogP contribution is -2.12. The largest absolute Gasteiger partial charge is 0.481 e. The van der Waals surface area contributed by atoms with Gasteiger partial charge in [0.1, 0.15) is 0 Å². The van der Waals surface area contributed by atoms with Gasteiger partial charge in [-0.15, -0.1) is 0 Å². The first-order valence-electron chi connectivity index (χ1n) is 6.62. The molecule has 0 aliphatic carbocycles. The predicted molar refractivity (Wildman–Crippen MR) is 81.8 cm³/mol. The standard InChI is InChI=1S/C17H15ClO3/c18-15-8-6-13(7-9-15)16(19)10-14(11-17(20)21)12-4-2-1-3-5-12/h1-9,14H,10-11H2,(H,20,21). The van der Waals surface area contributed by atoms with Crippen molar-refractivity contribution in [2.24, 2.45) is 0 Å². The van der Waals surface area contributed by atoms with Crippen molar-refractivity contribution in [1.29, 1.82) is 0 Å². The van der Waals surface area contributed by atoms with Crippen LogP contribution in [0.1, 0.15) is 34.7 Å². The summed E-state index contributed by atoms with van der Waals surface area (Å²) in [6, 6.07) is 15.9. The highest BCUT2D eigenvalue weighted by Crippen LogP contribution is 2.25. The highest BCUT2D eigenvalue weighted by molar-refractivity contribution is 6.30. The van der Waals surface area contributed by atoms with Crippen LogP contribution in [0.4, 0.5) is 0 Å². The molecule has 0 aliphatic rings. The molecular weight excluding hydrogens is 288 g/mol. The summed E-state index contributed by atoms with van der Waals surface area (Å²) < 4.78 is 0. The minimum atomic E-state index is -0.909. The molecule has 0 saturated heterocycles. The van der Waals surface area contributed by atoms with E-state index in [1.54, 1.807) is 24.3 Å². The van der Waals surface area contributed by atoms with Crippen molar-refractivity contribution in [1.82, 2.24) is 0 Å². The number of benzene rings is 2. The van der Waals surface area contributed by atoms with Gasteiger partial charge in [-0.05, 0) is 29.8 Å². The first kappa shape index (κ1) is 15.3. The van der Waals surface area contributed by atoms with E-state index in [-0.39, 0.29) is 24.5 Å². The Kier molecular flexibility index (Phi) is 5.12. The van der Waals surface area contributed by atoms with Crippen LogP contribution in [0.2, 0.25) is 5.02 Å². The molecule has 2 aromatic rings. The van der Waals surface area contributed by atoms with E-state index >= 15 is 0 Å². The fourth-order valence-corrected chi connectivity index (χ4v) is 2.35. The number of hydrogen-bond donors (Lipinski definition) is 1. The first-order chi connectivity index (χ1) is 10.1. The lowest BCUT2D eigenvalue weighted by Gasteiger charge is -2.14. The number of carboxylic acids is 1. The molecule has 0 aromatic heterocycles. The molecule has 0 radical (unpaired) electrons. The topological polar surface area (TPSA) is 54.4 Å². The molecule has 0 fully saturated rings. The fraction of sp³-hybridized carbons (Fsp3) is 0.176. The maximum atomic E-state index is 12.3. The number of hydrogen-bond acceptors (Lipinski definition) is 2. The summed E-state index contributed by atoms with van der Waals surface area (Å²) in [7, 11) is 0. The average molecular weight is 303 g/mol. The minimum Gasteiger partial charge on any atom is -0.481 e. The second kappa shape index (κ2) is 7.04. The van der Waals surface area contributed by atoms with Crippen LogP contribution in [0.15, 0.2) is 54.6 Å². The van der Waals surface area contributed by atoms with E-state index in [9.17, 15) is 9.59 Å². The predicted octanol–water partition coefficient (Wildman–Crippen LogP) is 4.17. The van der Waals surface area contributed by atoms with Gasteiger partial charge in [-0.25, -0.2) is 0 Å². The number of carbonyl (C=O) groups excluding carboxylic acids is 1. The van der Waals surface area contributed by atoms with Gasteiger partial charge in [-0.1, -0.05) is 41.9 Å². The summed E-state index contributed by atoms with van der Waals surface area (Å²) in [5, 5.41) is 9.60. The molecule has 4 heteroatoms. The molecule has 1 unspecified atom stereocenters. The molecule has 1 atom stereocenters. The summed E-state index contributed by atoms with van der Waals surface area (Å²) in [6.45, 7) is 0. The molecule has 1 N–H and O–H groups in total. The van der Waals surface area contributed by atoms with Crippen LogP contribution >= 0.6 is 11.6 Å². The molecule has 3 nitrogen and oxygen atoms in total. The molecule has 2 aromatic carbocycles. The number of aliphatic carboxylic acids is 1. The highest BCUT2D eigenvalue weighted by Gasteiger charge is 2.20. The number of halogens is 1. The second-order valence-electron chi connectivity index (χ2n) is 4.84. The highest BCUT2D eigenvalue weighted by atomic mass is 35.5. The molecule has 21 heavy (non-hydrogen) atoms. The van der Waals surface area contributed by atoms with Crippen LogP contribution < -0.4 is 0 Å². The Morgan fingerprint density at radius 2 is 1.57 bits per heavy atom. The number of carboxylic acid groups (broad SMARTS) is 1. The van der Waals surface area contributed by atoms with Gasteiger partial charge in [0, 0.05) is 22.9 Å². The van der Waals surface area contributed by atoms with Crippen LogP contribution in [0.5, 0.6) is 0 Å². The van der Waals surface area contributed by atoms with Gasteiger partial charge < -0.3 is 5.11 Å². The van der Waals surface area contributed by atoms with E-state index in [0.29, 0.717) is 10.6 Å². The third kappa shape index (κ3) is 4.43. The Bertz CT molecular complexity index is 620. The maximum absolute atomic E-state index is 12.3. The zero-order chi connectivity index (χ0) is 15.2. The Morgan fingerprint density at radius 1 is 0.952 bits per heavy atom. The number of rotatable bonds is 6. The molecule has 0 spiro atoms. The van der Waals surface area contributed by atoms with Crippen LogP contribution in [-0.2, 0) is 4.79 Å². The smallest absolute Gasteiger partial charge is 0.303 e. The van der Waals surface area contributed by atoms with E-state index in [2.05, 4.69) is 0 Å². The van der Waals surface area contributed by atoms with Crippen LogP contribution in [0.25, 0.3) is 0 Å². The van der Waals surface area contributed by atoms with Crippen molar-refractivity contribution in [2.75, 3.05) is 0 Å². The third-order valence-corrected chi connectivity index (χ3v) is 3.54. The third-order valence-electron chi connectivity index (χ3n) is 3.29. The van der Waals surface area contributed by atoms with Crippen LogP contribution in [0.3, 0.4) is 0 Å². The van der Waals surface area contributed by atoms with Crippen LogP contribution in [-0.4, -0.2) is 16.9 Å². The second-order valence-corrected chi connectivity index (χ2v) is 5.28. The molecule has 0 saturated carbocycles. The lowest BCUT2D eigenvalue weighted by molar-refractivity contribution is -0.137. The van der Waals surface area contributed by atoms with Gasteiger partial charge >= 0.3 is 5.97 Å². The van der Waals surface area contributed by atoms with Crippen molar-refractivity contribution < 1.29 is 14.7 Å². The fourth-order valence-electron chi connectivity index (χ4n) is 2.22. The number of ketones is 1. The summed E-state index contributed by atoms with van der Waals surface area (Å²) in [6.07, 6.45) is 0.0985. The molecule has 108 valence electrons. The molecule has 2 rings (SSSR count). The van der Waals surface area contributed by atoms with Crippen molar-refractivity contribution in [3.8, 4) is 0 Å². The van der Waals surface area contributed by atoms with Gasteiger partial charge in [-0.3, -0.25) is 9.59 Å². The van der Waals surface area contributed by atoms with Crippen LogP contribution in [0, 0.1) is 0 Å². The molecule has 0 bridgehead atoms. The van der Waals surface area contributed by atoms with E-state index in [1.807, 2.05) is 30.3 Å². The Labute approximate surface area is 128 Å². The van der Waals surface area contributed by atoms with Crippen molar-refractivity contribution in [3.63, 3.8) is 0 Å². The average Bonchev–Trinajstić information content (AvgIpc) is 2.47. The zero-order valence-electron chi connectivity index (χ0n) is 11.3. The Hall–Kier alpha value is -2.13. The monoisotopic (exact) mass is 302 g/mol. The molecule has 0 amide bonds. The van der Waals surface area contributed by atoms with E-state index < -0.39 is 5.97 Å². The normalized spacial score (nSPS) is 11.9. The van der Waals surface area contributed by atoms with Gasteiger partial charge in [-0.2, -0.15) is 0 Å². The maximum Gasteiger partial charge on any atom is 0.303 e. The van der Waals surface area contributed by atoms with E-state index in [0.717, 1.165) is 5.56 Å². The van der Waals surface area contributed by atoms with Crippen molar-refractivity contribution in [2.45, 2.75) is 18.8 Å². The summed E-state index contributed by atoms with van der Waals surface area (Å²) in [4.78, 5) is 23.3. The van der Waals surface area contributed by atoms with Gasteiger partial charge in [0.2, 0.25) is 0 Å². The molecule has 0 aliphatic heterocycles. The van der Waals surface area contributed by atoms with Gasteiger partial charge in [0.25, 0.3) is 0 Å². The number of carbonyl (C=O) groups is 2. The van der Waals surface area contributed by atoms with Crippen molar-refractivity contribution >= 4 is 23.4 Å². The molecular formula is C17H15ClO3. The Balaban J connectivity index is 2.17. The van der Waals surface area contributed by atoms with E-state index in [1.165, 1.54) is 0 Å². The summed E-state index contributed by atoms with van der Waals surface area (Å²) in [5.41, 5.74) is 1.41.